The molecule has 3 heteroatoms. The third kappa shape index (κ3) is 4.67. The Balaban J connectivity index is 2.32. The SMILES string of the molecule is COc1ccc(CCCN(C)[C@H](C)[C@H](C)O)cc1. The van der Waals surface area contributed by atoms with Crippen molar-refractivity contribution in [2.45, 2.75) is 38.8 Å². The van der Waals surface area contributed by atoms with Gasteiger partial charge in [-0.2, -0.15) is 0 Å². The number of hydrogen-bond donors (Lipinski definition) is 1. The predicted octanol–water partition coefficient (Wildman–Crippen LogP) is 2.33. The Hall–Kier alpha value is -1.06. The normalized spacial score (nSPS) is 14.6. The van der Waals surface area contributed by atoms with Gasteiger partial charge in [-0.05, 0) is 58.0 Å². The van der Waals surface area contributed by atoms with Gasteiger partial charge in [-0.3, -0.25) is 0 Å². The van der Waals surface area contributed by atoms with Gasteiger partial charge in [0.1, 0.15) is 5.75 Å². The van der Waals surface area contributed by atoms with Gasteiger partial charge in [0, 0.05) is 6.04 Å². The van der Waals surface area contributed by atoms with Gasteiger partial charge < -0.3 is 14.7 Å². The topological polar surface area (TPSA) is 32.7 Å². The molecule has 0 fully saturated rings. The highest BCUT2D eigenvalue weighted by molar-refractivity contribution is 5.27. The molecule has 0 amide bonds. The Morgan fingerprint density at radius 2 is 1.83 bits per heavy atom. The first-order valence-electron chi connectivity index (χ1n) is 6.56. The summed E-state index contributed by atoms with van der Waals surface area (Å²) in [6.45, 7) is 4.89. The van der Waals surface area contributed by atoms with Crippen LogP contribution in [0.3, 0.4) is 0 Å². The van der Waals surface area contributed by atoms with Gasteiger partial charge in [-0.1, -0.05) is 12.1 Å². The minimum Gasteiger partial charge on any atom is -0.497 e. The Bertz CT molecular complexity index is 335. The zero-order valence-corrected chi connectivity index (χ0v) is 11.9. The monoisotopic (exact) mass is 251 g/mol. The molecule has 3 nitrogen and oxygen atoms in total. The number of likely N-dealkylation sites (N-methyl/N-ethyl adjacent to an activating group) is 1. The van der Waals surface area contributed by atoms with Crippen LogP contribution in [0.4, 0.5) is 0 Å². The molecule has 1 rings (SSSR count). The van der Waals surface area contributed by atoms with Crippen LogP contribution in [-0.2, 0) is 6.42 Å². The molecule has 2 atom stereocenters. The van der Waals surface area contributed by atoms with Gasteiger partial charge in [0.15, 0.2) is 0 Å². The van der Waals surface area contributed by atoms with E-state index in [1.807, 2.05) is 19.1 Å². The summed E-state index contributed by atoms with van der Waals surface area (Å²) < 4.78 is 5.13. The van der Waals surface area contributed by atoms with Crippen molar-refractivity contribution in [3.05, 3.63) is 29.8 Å². The molecular weight excluding hydrogens is 226 g/mol. The largest absolute Gasteiger partial charge is 0.497 e. The lowest BCUT2D eigenvalue weighted by molar-refractivity contribution is 0.0861. The summed E-state index contributed by atoms with van der Waals surface area (Å²) in [5.41, 5.74) is 1.33. The molecule has 1 aromatic rings. The molecule has 102 valence electrons. The summed E-state index contributed by atoms with van der Waals surface area (Å²) in [7, 11) is 3.74. The summed E-state index contributed by atoms with van der Waals surface area (Å²) in [6.07, 6.45) is 1.87. The maximum Gasteiger partial charge on any atom is 0.118 e. The molecular formula is C15H25NO2. The number of methoxy groups -OCH3 is 1. The van der Waals surface area contributed by atoms with Crippen LogP contribution in [0.2, 0.25) is 0 Å². The second-order valence-corrected chi connectivity index (χ2v) is 4.91. The van der Waals surface area contributed by atoms with E-state index in [1.165, 1.54) is 5.56 Å². The van der Waals surface area contributed by atoms with Crippen LogP contribution in [0.25, 0.3) is 0 Å². The average Bonchev–Trinajstić information content (AvgIpc) is 2.38. The van der Waals surface area contributed by atoms with Crippen LogP contribution < -0.4 is 4.74 Å². The number of aliphatic hydroxyl groups is 1. The van der Waals surface area contributed by atoms with Crippen molar-refractivity contribution in [2.24, 2.45) is 0 Å². The van der Waals surface area contributed by atoms with Crippen molar-refractivity contribution < 1.29 is 9.84 Å². The molecule has 0 bridgehead atoms. The summed E-state index contributed by atoms with van der Waals surface area (Å²) in [5, 5.41) is 9.51. The molecule has 0 saturated carbocycles. The Kier molecular flexibility index (Phi) is 6.16. The average molecular weight is 251 g/mol. The Morgan fingerprint density at radius 3 is 2.33 bits per heavy atom. The van der Waals surface area contributed by atoms with Gasteiger partial charge >= 0.3 is 0 Å². The molecule has 0 radical (unpaired) electrons. The summed E-state index contributed by atoms with van der Waals surface area (Å²) >= 11 is 0. The highest BCUT2D eigenvalue weighted by atomic mass is 16.5. The third-order valence-corrected chi connectivity index (χ3v) is 3.53. The van der Waals surface area contributed by atoms with Gasteiger partial charge in [0.25, 0.3) is 0 Å². The quantitative estimate of drug-likeness (QED) is 0.807. The van der Waals surface area contributed by atoms with Gasteiger partial charge in [0.05, 0.1) is 13.2 Å². The van der Waals surface area contributed by atoms with E-state index in [0.29, 0.717) is 0 Å². The number of hydrogen-bond acceptors (Lipinski definition) is 3. The first kappa shape index (κ1) is 15.0. The molecule has 1 N–H and O–H groups in total. The van der Waals surface area contributed by atoms with Crippen LogP contribution in [0.5, 0.6) is 5.75 Å². The molecule has 0 aliphatic rings. The highest BCUT2D eigenvalue weighted by Gasteiger charge is 2.13. The fraction of sp³-hybridized carbons (Fsp3) is 0.600. The van der Waals surface area contributed by atoms with E-state index in [1.54, 1.807) is 7.11 Å². The minimum absolute atomic E-state index is 0.209. The highest BCUT2D eigenvalue weighted by Crippen LogP contribution is 2.13. The summed E-state index contributed by atoms with van der Waals surface area (Å²) in [4.78, 5) is 2.20. The standard InChI is InChI=1S/C15H25NO2/c1-12(13(2)17)16(3)11-5-6-14-7-9-15(18-4)10-8-14/h7-10,12-13,17H,5-6,11H2,1-4H3/t12-,13+/m1/s1. The molecule has 0 saturated heterocycles. The number of aryl methyl sites for hydroxylation is 1. The first-order valence-corrected chi connectivity index (χ1v) is 6.56. The van der Waals surface area contributed by atoms with Crippen molar-refractivity contribution in [3.8, 4) is 5.75 Å². The molecule has 0 unspecified atom stereocenters. The zero-order valence-electron chi connectivity index (χ0n) is 11.9. The summed E-state index contributed by atoms with van der Waals surface area (Å²) in [6, 6.07) is 8.42. The maximum atomic E-state index is 9.51. The Labute approximate surface area is 110 Å². The smallest absolute Gasteiger partial charge is 0.118 e. The first-order chi connectivity index (χ1) is 8.54. The van der Waals surface area contributed by atoms with E-state index in [4.69, 9.17) is 4.74 Å². The van der Waals surface area contributed by atoms with E-state index in [2.05, 4.69) is 31.0 Å². The minimum atomic E-state index is -0.281. The van der Waals surface area contributed by atoms with Gasteiger partial charge in [-0.15, -0.1) is 0 Å². The molecule has 0 aliphatic heterocycles. The van der Waals surface area contributed by atoms with Crippen LogP contribution in [0, 0.1) is 0 Å². The van der Waals surface area contributed by atoms with Crippen LogP contribution in [0.1, 0.15) is 25.8 Å². The molecule has 0 heterocycles. The van der Waals surface area contributed by atoms with E-state index in [9.17, 15) is 5.11 Å². The van der Waals surface area contributed by atoms with E-state index in [0.717, 1.165) is 25.1 Å². The molecule has 1 aromatic carbocycles. The number of ether oxygens (including phenoxy) is 1. The van der Waals surface area contributed by atoms with Crippen LogP contribution in [0.15, 0.2) is 24.3 Å². The van der Waals surface area contributed by atoms with Crippen molar-refractivity contribution in [2.75, 3.05) is 20.7 Å². The Morgan fingerprint density at radius 1 is 1.22 bits per heavy atom. The lowest BCUT2D eigenvalue weighted by Gasteiger charge is -2.26. The lowest BCUT2D eigenvalue weighted by Crippen LogP contribution is -2.38. The van der Waals surface area contributed by atoms with Gasteiger partial charge in [-0.25, -0.2) is 0 Å². The van der Waals surface area contributed by atoms with Gasteiger partial charge in [0.2, 0.25) is 0 Å². The lowest BCUT2D eigenvalue weighted by atomic mass is 10.1. The number of benzene rings is 1. The third-order valence-electron chi connectivity index (χ3n) is 3.53. The van der Waals surface area contributed by atoms with E-state index in [-0.39, 0.29) is 12.1 Å². The van der Waals surface area contributed by atoms with Crippen molar-refractivity contribution in [1.82, 2.24) is 4.90 Å². The molecule has 18 heavy (non-hydrogen) atoms. The molecule has 0 spiro atoms. The summed E-state index contributed by atoms with van der Waals surface area (Å²) in [5.74, 6) is 0.901. The van der Waals surface area contributed by atoms with Crippen LogP contribution >= 0.6 is 0 Å². The van der Waals surface area contributed by atoms with E-state index >= 15 is 0 Å². The fourth-order valence-corrected chi connectivity index (χ4v) is 1.90. The molecule has 0 aliphatic carbocycles. The zero-order chi connectivity index (χ0) is 13.5. The fourth-order valence-electron chi connectivity index (χ4n) is 1.90. The second-order valence-electron chi connectivity index (χ2n) is 4.91. The van der Waals surface area contributed by atoms with Crippen molar-refractivity contribution in [3.63, 3.8) is 0 Å². The number of rotatable bonds is 7. The molecule has 0 aromatic heterocycles. The number of nitrogens with zero attached hydrogens (tertiary/aromatic N) is 1. The predicted molar refractivity (Wildman–Crippen MR) is 75.1 cm³/mol. The second kappa shape index (κ2) is 7.39. The number of aliphatic hydroxyl groups excluding tert-OH is 1. The van der Waals surface area contributed by atoms with E-state index < -0.39 is 0 Å². The maximum absolute atomic E-state index is 9.51. The van der Waals surface area contributed by atoms with Crippen LogP contribution in [-0.4, -0.2) is 42.9 Å². The van der Waals surface area contributed by atoms with Crippen molar-refractivity contribution in [1.29, 1.82) is 0 Å². The van der Waals surface area contributed by atoms with Crippen molar-refractivity contribution >= 4 is 0 Å².